The van der Waals surface area contributed by atoms with Gasteiger partial charge in [-0.3, -0.25) is 4.98 Å². The van der Waals surface area contributed by atoms with Crippen LogP contribution in [0.4, 0.5) is 10.1 Å². The molecule has 2 rings (SSSR count). The molecule has 2 nitrogen and oxygen atoms in total. The number of halogens is 2. The third-order valence-electron chi connectivity index (χ3n) is 2.51. The summed E-state index contributed by atoms with van der Waals surface area (Å²) in [6.45, 7) is 2.42. The molecule has 2 aromatic rings. The smallest absolute Gasteiger partial charge is 0.147 e. The lowest BCUT2D eigenvalue weighted by Crippen LogP contribution is -2.05. The van der Waals surface area contributed by atoms with Gasteiger partial charge in [0.25, 0.3) is 0 Å². The minimum absolute atomic E-state index is 0.319. The number of nitrogens with zero attached hydrogens (tertiary/aromatic N) is 1. The van der Waals surface area contributed by atoms with Crippen LogP contribution in [0.1, 0.15) is 11.3 Å². The number of aryl methyl sites for hydroxylation is 1. The van der Waals surface area contributed by atoms with Gasteiger partial charge < -0.3 is 5.32 Å². The predicted octanol–water partition coefficient (Wildman–Crippen LogP) is 3.79. The number of anilines is 1. The molecule has 0 saturated carbocycles. The second kappa shape index (κ2) is 5.15. The summed E-state index contributed by atoms with van der Waals surface area (Å²) in [6.07, 6.45) is 1.72. The van der Waals surface area contributed by atoms with Gasteiger partial charge in [0, 0.05) is 6.20 Å². The van der Waals surface area contributed by atoms with Gasteiger partial charge in [-0.1, -0.05) is 23.7 Å². The Hall–Kier alpha value is -1.61. The summed E-state index contributed by atoms with van der Waals surface area (Å²) in [5.74, 6) is -0.355. The first kappa shape index (κ1) is 11.9. The minimum Gasteiger partial charge on any atom is -0.376 e. The van der Waals surface area contributed by atoms with Crippen LogP contribution < -0.4 is 5.32 Å². The molecule has 0 atom stereocenters. The molecular weight excluding hydrogens is 239 g/mol. The average Bonchev–Trinajstić information content (AvgIpc) is 2.30. The molecule has 88 valence electrons. The van der Waals surface area contributed by atoms with Gasteiger partial charge in [-0.15, -0.1) is 0 Å². The van der Waals surface area contributed by atoms with E-state index in [9.17, 15) is 4.39 Å². The Kier molecular flexibility index (Phi) is 3.59. The van der Waals surface area contributed by atoms with Crippen LogP contribution in [0.15, 0.2) is 36.5 Å². The van der Waals surface area contributed by atoms with Crippen molar-refractivity contribution in [3.8, 4) is 0 Å². The maximum atomic E-state index is 13.5. The van der Waals surface area contributed by atoms with Crippen molar-refractivity contribution in [3.63, 3.8) is 0 Å². The van der Waals surface area contributed by atoms with E-state index in [4.69, 9.17) is 11.6 Å². The summed E-state index contributed by atoms with van der Waals surface area (Å²) in [4.78, 5) is 4.22. The first-order valence-electron chi connectivity index (χ1n) is 5.27. The molecule has 0 spiro atoms. The Balaban J connectivity index is 2.16. The van der Waals surface area contributed by atoms with E-state index >= 15 is 0 Å². The van der Waals surface area contributed by atoms with Crippen LogP contribution in [-0.2, 0) is 6.54 Å². The minimum atomic E-state index is -0.355. The Labute approximate surface area is 104 Å². The summed E-state index contributed by atoms with van der Waals surface area (Å²) in [6, 6.07) is 8.44. The largest absolute Gasteiger partial charge is 0.376 e. The Bertz CT molecular complexity index is 508. The quantitative estimate of drug-likeness (QED) is 0.896. The van der Waals surface area contributed by atoms with Crippen molar-refractivity contribution in [2.24, 2.45) is 0 Å². The molecule has 0 aliphatic heterocycles. The maximum absolute atomic E-state index is 13.5. The van der Waals surface area contributed by atoms with Crippen LogP contribution in [-0.4, -0.2) is 4.98 Å². The van der Waals surface area contributed by atoms with Crippen molar-refractivity contribution >= 4 is 17.3 Å². The summed E-state index contributed by atoms with van der Waals surface area (Å²) in [5.41, 5.74) is 2.26. The van der Waals surface area contributed by atoms with Crippen molar-refractivity contribution < 1.29 is 4.39 Å². The SMILES string of the molecule is Cc1cccnc1CNc1c(F)cccc1Cl. The van der Waals surface area contributed by atoms with E-state index in [2.05, 4.69) is 10.3 Å². The number of hydrogen-bond donors (Lipinski definition) is 1. The van der Waals surface area contributed by atoms with Gasteiger partial charge in [-0.2, -0.15) is 0 Å². The van der Waals surface area contributed by atoms with Crippen LogP contribution >= 0.6 is 11.6 Å². The zero-order valence-electron chi connectivity index (χ0n) is 9.37. The highest BCUT2D eigenvalue weighted by molar-refractivity contribution is 6.33. The maximum Gasteiger partial charge on any atom is 0.147 e. The monoisotopic (exact) mass is 250 g/mol. The highest BCUT2D eigenvalue weighted by Gasteiger charge is 2.07. The number of nitrogens with one attached hydrogen (secondary N) is 1. The van der Waals surface area contributed by atoms with Crippen molar-refractivity contribution in [2.75, 3.05) is 5.32 Å². The van der Waals surface area contributed by atoms with Crippen molar-refractivity contribution in [3.05, 3.63) is 58.6 Å². The molecule has 17 heavy (non-hydrogen) atoms. The lowest BCUT2D eigenvalue weighted by molar-refractivity contribution is 0.630. The van der Waals surface area contributed by atoms with E-state index in [0.717, 1.165) is 11.3 Å². The van der Waals surface area contributed by atoms with E-state index in [1.807, 2.05) is 19.1 Å². The van der Waals surface area contributed by atoms with Gasteiger partial charge in [0.1, 0.15) is 5.82 Å². The van der Waals surface area contributed by atoms with Gasteiger partial charge in [0.05, 0.1) is 22.9 Å². The number of aromatic nitrogens is 1. The molecule has 1 heterocycles. The number of pyridine rings is 1. The van der Waals surface area contributed by atoms with Crippen LogP contribution in [0.5, 0.6) is 0 Å². The Morgan fingerprint density at radius 2 is 2.12 bits per heavy atom. The Morgan fingerprint density at radius 3 is 2.82 bits per heavy atom. The van der Waals surface area contributed by atoms with Crippen molar-refractivity contribution in [1.29, 1.82) is 0 Å². The fraction of sp³-hybridized carbons (Fsp3) is 0.154. The average molecular weight is 251 g/mol. The van der Waals surface area contributed by atoms with Crippen LogP contribution in [0.25, 0.3) is 0 Å². The molecule has 0 bridgehead atoms. The Morgan fingerprint density at radius 1 is 1.29 bits per heavy atom. The topological polar surface area (TPSA) is 24.9 Å². The molecule has 4 heteroatoms. The standard InChI is InChI=1S/C13H12ClFN2/c1-9-4-3-7-16-12(9)8-17-13-10(14)5-2-6-11(13)15/h2-7,17H,8H2,1H3. The lowest BCUT2D eigenvalue weighted by atomic mass is 10.2. The molecule has 1 N–H and O–H groups in total. The molecule has 0 amide bonds. The van der Waals surface area contributed by atoms with Gasteiger partial charge in [-0.05, 0) is 30.7 Å². The zero-order valence-corrected chi connectivity index (χ0v) is 10.1. The van der Waals surface area contributed by atoms with Gasteiger partial charge in [0.15, 0.2) is 0 Å². The normalized spacial score (nSPS) is 10.3. The molecular formula is C13H12ClFN2. The molecule has 0 aliphatic carbocycles. The van der Waals surface area contributed by atoms with E-state index in [1.165, 1.54) is 6.07 Å². The van der Waals surface area contributed by atoms with Crippen LogP contribution in [0.2, 0.25) is 5.02 Å². The fourth-order valence-corrected chi connectivity index (χ4v) is 1.77. The predicted molar refractivity (Wildman–Crippen MR) is 67.7 cm³/mol. The van der Waals surface area contributed by atoms with E-state index in [0.29, 0.717) is 17.3 Å². The highest BCUT2D eigenvalue weighted by atomic mass is 35.5. The van der Waals surface area contributed by atoms with Gasteiger partial charge in [0.2, 0.25) is 0 Å². The second-order valence-electron chi connectivity index (χ2n) is 3.72. The van der Waals surface area contributed by atoms with Crippen molar-refractivity contribution in [1.82, 2.24) is 4.98 Å². The van der Waals surface area contributed by atoms with Crippen LogP contribution in [0.3, 0.4) is 0 Å². The summed E-state index contributed by atoms with van der Waals surface area (Å²) < 4.78 is 13.5. The zero-order chi connectivity index (χ0) is 12.3. The first-order valence-corrected chi connectivity index (χ1v) is 5.64. The summed E-state index contributed by atoms with van der Waals surface area (Å²) in [7, 11) is 0. The molecule has 0 saturated heterocycles. The van der Waals surface area contributed by atoms with E-state index < -0.39 is 0 Å². The lowest BCUT2D eigenvalue weighted by Gasteiger charge is -2.10. The molecule has 0 radical (unpaired) electrons. The third-order valence-corrected chi connectivity index (χ3v) is 2.83. The number of hydrogen-bond acceptors (Lipinski definition) is 2. The second-order valence-corrected chi connectivity index (χ2v) is 4.12. The third kappa shape index (κ3) is 2.74. The molecule has 0 fully saturated rings. The fourth-order valence-electron chi connectivity index (χ4n) is 1.54. The van der Waals surface area contributed by atoms with E-state index in [1.54, 1.807) is 18.3 Å². The first-order chi connectivity index (χ1) is 8.18. The summed E-state index contributed by atoms with van der Waals surface area (Å²) in [5, 5.41) is 3.34. The molecule has 0 aliphatic rings. The van der Waals surface area contributed by atoms with E-state index in [-0.39, 0.29) is 5.82 Å². The number of para-hydroxylation sites is 1. The van der Waals surface area contributed by atoms with Crippen molar-refractivity contribution in [2.45, 2.75) is 13.5 Å². The molecule has 1 aromatic carbocycles. The summed E-state index contributed by atoms with van der Waals surface area (Å²) >= 11 is 5.91. The van der Waals surface area contributed by atoms with Crippen LogP contribution in [0, 0.1) is 12.7 Å². The van der Waals surface area contributed by atoms with Gasteiger partial charge in [-0.25, -0.2) is 4.39 Å². The number of rotatable bonds is 3. The van der Waals surface area contributed by atoms with Gasteiger partial charge >= 0.3 is 0 Å². The highest BCUT2D eigenvalue weighted by Crippen LogP contribution is 2.25. The molecule has 1 aromatic heterocycles. The molecule has 0 unspecified atom stereocenters. The number of benzene rings is 1.